The molecule has 0 radical (unpaired) electrons. The summed E-state index contributed by atoms with van der Waals surface area (Å²) in [6, 6.07) is 8.76. The fraction of sp³-hybridized carbons (Fsp3) is 0.625. The van der Waals surface area contributed by atoms with E-state index in [1.165, 1.54) is 25.0 Å². The summed E-state index contributed by atoms with van der Waals surface area (Å²) >= 11 is 0. The van der Waals surface area contributed by atoms with Crippen LogP contribution in [0, 0.1) is 5.92 Å². The van der Waals surface area contributed by atoms with Crippen molar-refractivity contribution in [2.75, 3.05) is 19.6 Å². The van der Waals surface area contributed by atoms with E-state index in [1.54, 1.807) is 18.2 Å². The van der Waals surface area contributed by atoms with Gasteiger partial charge in [0, 0.05) is 30.7 Å². The standard InChI is InChI=1S/C16H22F2N2/c1-12-10-20(15(9-19-12)13-7-8-13)11-16(17,18)14-5-3-2-4-6-14/h2-6,12-13,15,19H,7-11H2,1H3. The number of nitrogens with one attached hydrogen (secondary N) is 1. The molecule has 0 aromatic heterocycles. The Morgan fingerprint density at radius 1 is 1.25 bits per heavy atom. The van der Waals surface area contributed by atoms with Crippen molar-refractivity contribution in [2.24, 2.45) is 5.92 Å². The molecule has 1 saturated heterocycles. The van der Waals surface area contributed by atoms with Crippen LogP contribution >= 0.6 is 0 Å². The lowest BCUT2D eigenvalue weighted by atomic mass is 10.0. The third-order valence-electron chi connectivity index (χ3n) is 4.42. The zero-order valence-electron chi connectivity index (χ0n) is 11.9. The maximum absolute atomic E-state index is 14.5. The molecule has 0 bridgehead atoms. The number of halogens is 2. The van der Waals surface area contributed by atoms with Gasteiger partial charge in [0.15, 0.2) is 0 Å². The van der Waals surface area contributed by atoms with Crippen LogP contribution < -0.4 is 5.32 Å². The summed E-state index contributed by atoms with van der Waals surface area (Å²) in [5, 5.41) is 3.42. The van der Waals surface area contributed by atoms with Crippen molar-refractivity contribution in [1.29, 1.82) is 0 Å². The topological polar surface area (TPSA) is 15.3 Å². The van der Waals surface area contributed by atoms with Crippen LogP contribution in [-0.2, 0) is 5.92 Å². The normalized spacial score (nSPS) is 28.6. The van der Waals surface area contributed by atoms with Gasteiger partial charge in [0.2, 0.25) is 0 Å². The Hall–Kier alpha value is -1.00. The Balaban J connectivity index is 1.73. The average Bonchev–Trinajstić information content (AvgIpc) is 3.24. The molecule has 1 aliphatic heterocycles. The molecule has 3 rings (SSSR count). The number of hydrogen-bond donors (Lipinski definition) is 1. The third kappa shape index (κ3) is 3.01. The first-order valence-corrected chi connectivity index (χ1v) is 7.47. The van der Waals surface area contributed by atoms with Gasteiger partial charge in [-0.2, -0.15) is 8.78 Å². The van der Waals surface area contributed by atoms with Gasteiger partial charge in [0.05, 0.1) is 6.54 Å². The van der Waals surface area contributed by atoms with Crippen molar-refractivity contribution in [1.82, 2.24) is 10.2 Å². The van der Waals surface area contributed by atoms with Crippen molar-refractivity contribution in [3.05, 3.63) is 35.9 Å². The highest BCUT2D eigenvalue weighted by Gasteiger charge is 2.42. The lowest BCUT2D eigenvalue weighted by molar-refractivity contribution is -0.0581. The van der Waals surface area contributed by atoms with Crippen LogP contribution in [0.15, 0.2) is 30.3 Å². The second-order valence-electron chi connectivity index (χ2n) is 6.21. The second kappa shape index (κ2) is 5.41. The number of benzene rings is 1. The van der Waals surface area contributed by atoms with Crippen molar-refractivity contribution in [3.8, 4) is 0 Å². The molecule has 1 aromatic rings. The minimum Gasteiger partial charge on any atom is -0.311 e. The smallest absolute Gasteiger partial charge is 0.285 e. The summed E-state index contributed by atoms with van der Waals surface area (Å²) in [6.45, 7) is 3.46. The summed E-state index contributed by atoms with van der Waals surface area (Å²) in [7, 11) is 0. The molecule has 1 aliphatic carbocycles. The number of alkyl halides is 2. The summed E-state index contributed by atoms with van der Waals surface area (Å²) in [4.78, 5) is 2.01. The van der Waals surface area contributed by atoms with Gasteiger partial charge in [-0.3, -0.25) is 4.90 Å². The van der Waals surface area contributed by atoms with Gasteiger partial charge in [-0.15, -0.1) is 0 Å². The van der Waals surface area contributed by atoms with Crippen LogP contribution in [-0.4, -0.2) is 36.6 Å². The number of piperazine rings is 1. The highest BCUT2D eigenvalue weighted by Crippen LogP contribution is 2.38. The molecule has 110 valence electrons. The molecule has 1 saturated carbocycles. The summed E-state index contributed by atoms with van der Waals surface area (Å²) in [5.41, 5.74) is 0.126. The van der Waals surface area contributed by atoms with E-state index in [1.807, 2.05) is 4.90 Å². The Morgan fingerprint density at radius 2 is 1.95 bits per heavy atom. The lowest BCUT2D eigenvalue weighted by Gasteiger charge is -2.41. The monoisotopic (exact) mass is 280 g/mol. The molecule has 2 atom stereocenters. The van der Waals surface area contributed by atoms with Gasteiger partial charge in [-0.05, 0) is 25.7 Å². The van der Waals surface area contributed by atoms with Crippen molar-refractivity contribution in [3.63, 3.8) is 0 Å². The summed E-state index contributed by atoms with van der Waals surface area (Å²) in [6.07, 6.45) is 2.38. The lowest BCUT2D eigenvalue weighted by Crippen LogP contribution is -2.58. The fourth-order valence-corrected chi connectivity index (χ4v) is 3.16. The Labute approximate surface area is 119 Å². The van der Waals surface area contributed by atoms with Crippen molar-refractivity contribution >= 4 is 0 Å². The highest BCUT2D eigenvalue weighted by atomic mass is 19.3. The molecule has 2 aliphatic rings. The van der Waals surface area contributed by atoms with E-state index in [-0.39, 0.29) is 24.2 Å². The predicted molar refractivity (Wildman–Crippen MR) is 75.9 cm³/mol. The van der Waals surface area contributed by atoms with E-state index in [0.717, 1.165) is 6.54 Å². The number of hydrogen-bond acceptors (Lipinski definition) is 2. The minimum atomic E-state index is -2.77. The zero-order valence-corrected chi connectivity index (χ0v) is 11.9. The van der Waals surface area contributed by atoms with Crippen LogP contribution in [0.2, 0.25) is 0 Å². The van der Waals surface area contributed by atoms with E-state index in [4.69, 9.17) is 0 Å². The molecular weight excluding hydrogens is 258 g/mol. The van der Waals surface area contributed by atoms with E-state index < -0.39 is 5.92 Å². The maximum atomic E-state index is 14.5. The van der Waals surface area contributed by atoms with Crippen LogP contribution in [0.25, 0.3) is 0 Å². The number of nitrogens with zero attached hydrogens (tertiary/aromatic N) is 1. The maximum Gasteiger partial charge on any atom is 0.285 e. The zero-order chi connectivity index (χ0) is 14.2. The van der Waals surface area contributed by atoms with Crippen LogP contribution in [0.4, 0.5) is 8.78 Å². The minimum absolute atomic E-state index is 0.126. The van der Waals surface area contributed by atoms with Gasteiger partial charge >= 0.3 is 0 Å². The van der Waals surface area contributed by atoms with Gasteiger partial charge in [0.25, 0.3) is 5.92 Å². The first-order chi connectivity index (χ1) is 9.56. The van der Waals surface area contributed by atoms with Gasteiger partial charge < -0.3 is 5.32 Å². The molecule has 1 aromatic carbocycles. The third-order valence-corrected chi connectivity index (χ3v) is 4.42. The molecule has 1 N–H and O–H groups in total. The summed E-state index contributed by atoms with van der Waals surface area (Å²) in [5.74, 6) is -2.16. The Morgan fingerprint density at radius 3 is 2.60 bits per heavy atom. The van der Waals surface area contributed by atoms with E-state index in [0.29, 0.717) is 12.5 Å². The second-order valence-corrected chi connectivity index (χ2v) is 6.21. The molecule has 4 heteroatoms. The number of rotatable bonds is 4. The van der Waals surface area contributed by atoms with E-state index in [9.17, 15) is 8.78 Å². The fourth-order valence-electron chi connectivity index (χ4n) is 3.16. The van der Waals surface area contributed by atoms with Gasteiger partial charge in [-0.1, -0.05) is 30.3 Å². The molecule has 0 amide bonds. The van der Waals surface area contributed by atoms with Gasteiger partial charge in [0.1, 0.15) is 0 Å². The van der Waals surface area contributed by atoms with Crippen molar-refractivity contribution in [2.45, 2.75) is 37.8 Å². The predicted octanol–water partition coefficient (Wildman–Crippen LogP) is 2.85. The molecule has 20 heavy (non-hydrogen) atoms. The first kappa shape index (κ1) is 14.0. The van der Waals surface area contributed by atoms with Crippen molar-refractivity contribution < 1.29 is 8.78 Å². The molecule has 1 heterocycles. The average molecular weight is 280 g/mol. The molecule has 2 fully saturated rings. The SMILES string of the molecule is CC1CN(CC(F)(F)c2ccccc2)C(C2CC2)CN1. The summed E-state index contributed by atoms with van der Waals surface area (Å²) < 4.78 is 28.9. The Bertz CT molecular complexity index is 445. The van der Waals surface area contributed by atoms with E-state index >= 15 is 0 Å². The van der Waals surface area contributed by atoms with Crippen LogP contribution in [0.3, 0.4) is 0 Å². The van der Waals surface area contributed by atoms with E-state index in [2.05, 4.69) is 12.2 Å². The molecular formula is C16H22F2N2. The molecule has 2 unspecified atom stereocenters. The van der Waals surface area contributed by atoms with Crippen LogP contribution in [0.5, 0.6) is 0 Å². The molecule has 2 nitrogen and oxygen atoms in total. The first-order valence-electron chi connectivity index (χ1n) is 7.47. The molecule has 0 spiro atoms. The highest BCUT2D eigenvalue weighted by molar-refractivity contribution is 5.20. The Kier molecular flexibility index (Phi) is 3.78. The largest absolute Gasteiger partial charge is 0.311 e. The quantitative estimate of drug-likeness (QED) is 0.912. The van der Waals surface area contributed by atoms with Crippen LogP contribution in [0.1, 0.15) is 25.3 Å². The van der Waals surface area contributed by atoms with Gasteiger partial charge in [-0.25, -0.2) is 0 Å².